The number of ether oxygens (including phenoxy) is 1. The average Bonchev–Trinajstić information content (AvgIpc) is 2.73. The van der Waals surface area contributed by atoms with Crippen LogP contribution in [0.25, 0.3) is 22.8 Å². The van der Waals surface area contributed by atoms with Gasteiger partial charge in [0.05, 0.1) is 0 Å². The summed E-state index contributed by atoms with van der Waals surface area (Å²) < 4.78 is 84.0. The Kier molecular flexibility index (Phi) is 5.75. The zero-order valence-corrected chi connectivity index (χ0v) is 17.0. The summed E-state index contributed by atoms with van der Waals surface area (Å²) in [5.74, 6) is -3.21. The molecule has 0 amide bonds. The summed E-state index contributed by atoms with van der Waals surface area (Å²) >= 11 is 0. The van der Waals surface area contributed by atoms with Crippen LogP contribution in [0.15, 0.2) is 48.5 Å². The number of allylic oxidation sites excluding steroid dienone is 1. The molecule has 0 saturated heterocycles. The van der Waals surface area contributed by atoms with Crippen LogP contribution >= 0.6 is 0 Å². The Labute approximate surface area is 181 Å². The van der Waals surface area contributed by atoms with E-state index >= 15 is 0 Å². The van der Waals surface area contributed by atoms with Gasteiger partial charge in [0, 0.05) is 11.1 Å². The number of rotatable bonds is 4. The summed E-state index contributed by atoms with van der Waals surface area (Å²) in [5, 5.41) is 0. The Morgan fingerprint density at radius 1 is 0.812 bits per heavy atom. The molecule has 7 heteroatoms. The average molecular weight is 448 g/mol. The minimum atomic E-state index is -5.03. The lowest BCUT2D eigenvalue weighted by Gasteiger charge is -2.19. The Bertz CT molecular complexity index is 1210. The van der Waals surface area contributed by atoms with Crippen molar-refractivity contribution in [1.29, 1.82) is 0 Å². The Hall–Kier alpha value is -3.22. The molecule has 0 saturated carbocycles. The molecule has 166 valence electrons. The van der Waals surface area contributed by atoms with Crippen molar-refractivity contribution in [1.82, 2.24) is 0 Å². The van der Waals surface area contributed by atoms with Crippen molar-refractivity contribution in [2.45, 2.75) is 32.5 Å². The highest BCUT2D eigenvalue weighted by molar-refractivity contribution is 5.85. The van der Waals surface area contributed by atoms with E-state index in [9.17, 15) is 26.3 Å². The molecule has 1 aliphatic carbocycles. The van der Waals surface area contributed by atoms with Crippen molar-refractivity contribution in [3.8, 4) is 16.9 Å². The molecule has 1 nitrogen and oxygen atoms in total. The standard InChI is InChI=1S/C25H18F6O/c1-2-14-3-7-19(21(26)9-14)16-5-4-15-11-20(22(27)13-18(15)10-16)17-6-8-24(23(28)12-17)32-25(29,30)31/h3,6-13H,2,4-5H2,1H3. The molecule has 0 spiro atoms. The Morgan fingerprint density at radius 3 is 2.22 bits per heavy atom. The van der Waals surface area contributed by atoms with Crippen LogP contribution < -0.4 is 4.74 Å². The van der Waals surface area contributed by atoms with Gasteiger partial charge in [-0.25, -0.2) is 13.2 Å². The van der Waals surface area contributed by atoms with Crippen LogP contribution in [0.3, 0.4) is 0 Å². The van der Waals surface area contributed by atoms with Gasteiger partial charge in [-0.15, -0.1) is 13.2 Å². The van der Waals surface area contributed by atoms with Crippen LogP contribution in [0.5, 0.6) is 5.75 Å². The van der Waals surface area contributed by atoms with Crippen LogP contribution in [0.2, 0.25) is 0 Å². The van der Waals surface area contributed by atoms with Crippen molar-refractivity contribution >= 4 is 11.6 Å². The molecule has 3 aromatic rings. The second kappa shape index (κ2) is 8.37. The summed E-state index contributed by atoms with van der Waals surface area (Å²) in [6, 6.07) is 10.7. The first kappa shape index (κ1) is 22.0. The predicted molar refractivity (Wildman–Crippen MR) is 110 cm³/mol. The van der Waals surface area contributed by atoms with Gasteiger partial charge in [0.2, 0.25) is 0 Å². The molecule has 0 N–H and O–H groups in total. The van der Waals surface area contributed by atoms with E-state index in [0.717, 1.165) is 35.3 Å². The van der Waals surface area contributed by atoms with Gasteiger partial charge in [0.1, 0.15) is 11.6 Å². The quantitative estimate of drug-likeness (QED) is 0.371. The van der Waals surface area contributed by atoms with Gasteiger partial charge in [-0.3, -0.25) is 0 Å². The third-order valence-electron chi connectivity index (χ3n) is 5.48. The maximum Gasteiger partial charge on any atom is 0.573 e. The Morgan fingerprint density at radius 2 is 1.56 bits per heavy atom. The van der Waals surface area contributed by atoms with E-state index in [2.05, 4.69) is 4.74 Å². The first-order valence-corrected chi connectivity index (χ1v) is 10.0. The molecule has 0 atom stereocenters. The van der Waals surface area contributed by atoms with Crippen LogP contribution in [0.1, 0.15) is 35.6 Å². The number of aryl methyl sites for hydroxylation is 2. The molecule has 0 aliphatic heterocycles. The van der Waals surface area contributed by atoms with Crippen molar-refractivity contribution in [3.63, 3.8) is 0 Å². The second-order valence-electron chi connectivity index (χ2n) is 7.56. The third-order valence-corrected chi connectivity index (χ3v) is 5.48. The fraction of sp³-hybridized carbons (Fsp3) is 0.200. The monoisotopic (exact) mass is 448 g/mol. The third kappa shape index (κ3) is 4.52. The fourth-order valence-electron chi connectivity index (χ4n) is 3.86. The maximum absolute atomic E-state index is 14.8. The van der Waals surface area contributed by atoms with E-state index in [4.69, 9.17) is 0 Å². The lowest BCUT2D eigenvalue weighted by molar-refractivity contribution is -0.275. The second-order valence-corrected chi connectivity index (χ2v) is 7.56. The molecular formula is C25H18F6O. The van der Waals surface area contributed by atoms with Gasteiger partial charge >= 0.3 is 6.36 Å². The summed E-state index contributed by atoms with van der Waals surface area (Å²) in [7, 11) is 0. The van der Waals surface area contributed by atoms with E-state index in [0.29, 0.717) is 24.0 Å². The SMILES string of the molecule is CCc1ccc(C2=Cc3cc(F)c(-c4ccc(OC(F)(F)F)c(F)c4)cc3CC2)c(F)c1. The first-order valence-electron chi connectivity index (χ1n) is 10.0. The minimum Gasteiger partial charge on any atom is -0.403 e. The molecule has 3 aromatic carbocycles. The summed E-state index contributed by atoms with van der Waals surface area (Å²) in [6.45, 7) is 1.94. The van der Waals surface area contributed by atoms with Gasteiger partial charge < -0.3 is 4.74 Å². The van der Waals surface area contributed by atoms with E-state index in [1.54, 1.807) is 18.2 Å². The van der Waals surface area contributed by atoms with Gasteiger partial charge in [-0.2, -0.15) is 0 Å². The highest BCUT2D eigenvalue weighted by Gasteiger charge is 2.32. The highest BCUT2D eigenvalue weighted by Crippen LogP contribution is 2.36. The van der Waals surface area contributed by atoms with Crippen LogP contribution in [-0.4, -0.2) is 6.36 Å². The number of fused-ring (bicyclic) bond motifs is 1. The number of alkyl halides is 3. The zero-order valence-electron chi connectivity index (χ0n) is 17.0. The summed E-state index contributed by atoms with van der Waals surface area (Å²) in [5.41, 5.74) is 3.64. The van der Waals surface area contributed by atoms with Crippen molar-refractivity contribution in [2.75, 3.05) is 0 Å². The smallest absolute Gasteiger partial charge is 0.403 e. The molecule has 0 aromatic heterocycles. The van der Waals surface area contributed by atoms with Crippen LogP contribution in [0.4, 0.5) is 26.3 Å². The van der Waals surface area contributed by atoms with E-state index in [1.165, 1.54) is 18.2 Å². The van der Waals surface area contributed by atoms with E-state index in [-0.39, 0.29) is 16.9 Å². The molecule has 0 fully saturated rings. The predicted octanol–water partition coefficient (Wildman–Crippen LogP) is 7.72. The number of hydrogen-bond donors (Lipinski definition) is 0. The molecule has 0 unspecified atom stereocenters. The number of hydrogen-bond acceptors (Lipinski definition) is 1. The molecular weight excluding hydrogens is 430 g/mol. The highest BCUT2D eigenvalue weighted by atomic mass is 19.4. The van der Waals surface area contributed by atoms with Crippen LogP contribution in [0, 0.1) is 17.5 Å². The van der Waals surface area contributed by atoms with E-state index < -0.39 is 23.7 Å². The lowest BCUT2D eigenvalue weighted by atomic mass is 9.86. The molecule has 1 aliphatic rings. The summed E-state index contributed by atoms with van der Waals surface area (Å²) in [4.78, 5) is 0. The van der Waals surface area contributed by atoms with Gasteiger partial charge in [-0.05, 0) is 77.4 Å². The van der Waals surface area contributed by atoms with Crippen molar-refractivity contribution in [3.05, 3.63) is 88.2 Å². The van der Waals surface area contributed by atoms with Crippen molar-refractivity contribution in [2.24, 2.45) is 0 Å². The van der Waals surface area contributed by atoms with Gasteiger partial charge in [-0.1, -0.05) is 31.2 Å². The topological polar surface area (TPSA) is 9.23 Å². The molecule has 0 radical (unpaired) electrons. The van der Waals surface area contributed by atoms with Gasteiger partial charge in [0.15, 0.2) is 11.6 Å². The molecule has 0 heterocycles. The minimum absolute atomic E-state index is 0.0662. The Balaban J connectivity index is 1.67. The summed E-state index contributed by atoms with van der Waals surface area (Å²) in [6.07, 6.45) is -1.53. The van der Waals surface area contributed by atoms with Gasteiger partial charge in [0.25, 0.3) is 0 Å². The van der Waals surface area contributed by atoms with Crippen molar-refractivity contribution < 1.29 is 31.1 Å². The van der Waals surface area contributed by atoms with Crippen LogP contribution in [-0.2, 0) is 12.8 Å². The number of halogens is 6. The van der Waals surface area contributed by atoms with E-state index in [1.807, 2.05) is 13.0 Å². The molecule has 0 bridgehead atoms. The molecule has 4 rings (SSSR count). The zero-order chi connectivity index (χ0) is 23.0. The number of benzene rings is 3. The first-order chi connectivity index (χ1) is 15.1. The fourth-order valence-corrected chi connectivity index (χ4v) is 3.86. The maximum atomic E-state index is 14.8. The lowest BCUT2D eigenvalue weighted by Crippen LogP contribution is -2.17. The largest absolute Gasteiger partial charge is 0.573 e. The molecule has 32 heavy (non-hydrogen) atoms. The normalized spacial score (nSPS) is 13.5.